The Hall–Kier alpha value is -1.14. The second-order valence-corrected chi connectivity index (χ2v) is 5.25. The van der Waals surface area contributed by atoms with Gasteiger partial charge in [0.05, 0.1) is 4.90 Å². The number of halogens is 2. The van der Waals surface area contributed by atoms with E-state index >= 15 is 0 Å². The summed E-state index contributed by atoms with van der Waals surface area (Å²) in [6.45, 7) is 1.84. The van der Waals surface area contributed by atoms with Crippen LogP contribution in [0, 0.1) is 18.6 Å². The number of hydrogen-bond acceptors (Lipinski definition) is 4. The maximum atomic E-state index is 13.5. The molecule has 0 saturated heterocycles. The van der Waals surface area contributed by atoms with Crippen LogP contribution < -0.4 is 5.73 Å². The van der Waals surface area contributed by atoms with Gasteiger partial charge in [0, 0.05) is 16.8 Å². The number of nitrogens with zero attached hydrogens (tertiary/aromatic N) is 1. The van der Waals surface area contributed by atoms with E-state index in [-0.39, 0.29) is 10.6 Å². The minimum atomic E-state index is -0.919. The highest BCUT2D eigenvalue weighted by molar-refractivity contribution is 8.01. The standard InChI is InChI=1S/C10H8F2N2S2/c1-5-4-15-10(14-5)16-9-7(13)3-2-6(11)8(9)12/h2-4H,13H2,1H3. The van der Waals surface area contributed by atoms with Crippen molar-refractivity contribution in [3.05, 3.63) is 34.8 Å². The van der Waals surface area contributed by atoms with Gasteiger partial charge < -0.3 is 5.73 Å². The number of nitrogens with two attached hydrogens (primary N) is 1. The third-order valence-corrected chi connectivity index (χ3v) is 4.04. The van der Waals surface area contributed by atoms with Crippen LogP contribution in [0.1, 0.15) is 5.69 Å². The molecule has 2 rings (SSSR count). The van der Waals surface area contributed by atoms with Gasteiger partial charge >= 0.3 is 0 Å². The number of benzene rings is 1. The molecule has 0 unspecified atom stereocenters. The Balaban J connectivity index is 2.37. The van der Waals surface area contributed by atoms with Crippen molar-refractivity contribution < 1.29 is 8.78 Å². The van der Waals surface area contributed by atoms with Crippen LogP contribution in [-0.2, 0) is 0 Å². The second kappa shape index (κ2) is 4.39. The molecular formula is C10H8F2N2S2. The van der Waals surface area contributed by atoms with Gasteiger partial charge in [0.2, 0.25) is 0 Å². The molecule has 2 N–H and O–H groups in total. The lowest BCUT2D eigenvalue weighted by atomic mass is 10.3. The number of aromatic nitrogens is 1. The topological polar surface area (TPSA) is 38.9 Å². The van der Waals surface area contributed by atoms with E-state index in [1.807, 2.05) is 12.3 Å². The molecule has 0 amide bonds. The summed E-state index contributed by atoms with van der Waals surface area (Å²) in [5, 5.41) is 1.84. The number of aryl methyl sites for hydroxylation is 1. The van der Waals surface area contributed by atoms with Crippen LogP contribution in [0.4, 0.5) is 14.5 Å². The maximum absolute atomic E-state index is 13.5. The van der Waals surface area contributed by atoms with Crippen molar-refractivity contribution in [1.82, 2.24) is 4.98 Å². The van der Waals surface area contributed by atoms with E-state index in [1.54, 1.807) is 0 Å². The summed E-state index contributed by atoms with van der Waals surface area (Å²) in [4.78, 5) is 4.25. The molecule has 0 aliphatic heterocycles. The normalized spacial score (nSPS) is 10.7. The summed E-state index contributed by atoms with van der Waals surface area (Å²) in [7, 11) is 0. The molecule has 2 aromatic rings. The van der Waals surface area contributed by atoms with Gasteiger partial charge in [0.25, 0.3) is 0 Å². The highest BCUT2D eigenvalue weighted by Crippen LogP contribution is 2.36. The molecule has 0 fully saturated rings. The molecule has 1 aromatic carbocycles. The monoisotopic (exact) mass is 258 g/mol. The first-order valence-corrected chi connectivity index (χ1v) is 6.11. The number of hydrogen-bond donors (Lipinski definition) is 1. The van der Waals surface area contributed by atoms with E-state index in [4.69, 9.17) is 5.73 Å². The SMILES string of the molecule is Cc1csc(Sc2c(N)ccc(F)c2F)n1. The molecule has 0 aliphatic rings. The van der Waals surface area contributed by atoms with Crippen molar-refractivity contribution in [2.24, 2.45) is 0 Å². The third kappa shape index (κ3) is 2.17. The number of rotatable bonds is 2. The lowest BCUT2D eigenvalue weighted by Crippen LogP contribution is -1.95. The molecule has 0 radical (unpaired) electrons. The molecular weight excluding hydrogens is 250 g/mol. The van der Waals surface area contributed by atoms with Gasteiger partial charge in [0.15, 0.2) is 16.0 Å². The van der Waals surface area contributed by atoms with Crippen LogP contribution in [0.25, 0.3) is 0 Å². The molecule has 0 aliphatic carbocycles. The first kappa shape index (κ1) is 11.3. The minimum Gasteiger partial charge on any atom is -0.398 e. The highest BCUT2D eigenvalue weighted by Gasteiger charge is 2.14. The van der Waals surface area contributed by atoms with Gasteiger partial charge in [-0.1, -0.05) is 11.8 Å². The highest BCUT2D eigenvalue weighted by atomic mass is 32.2. The van der Waals surface area contributed by atoms with Crippen molar-refractivity contribution in [1.29, 1.82) is 0 Å². The molecule has 0 spiro atoms. The fraction of sp³-hybridized carbons (Fsp3) is 0.100. The zero-order valence-corrected chi connectivity index (χ0v) is 9.96. The quantitative estimate of drug-likeness (QED) is 0.838. The molecule has 1 aromatic heterocycles. The maximum Gasteiger partial charge on any atom is 0.174 e. The van der Waals surface area contributed by atoms with Gasteiger partial charge in [-0.2, -0.15) is 0 Å². The predicted molar refractivity (Wildman–Crippen MR) is 61.7 cm³/mol. The van der Waals surface area contributed by atoms with Gasteiger partial charge in [0.1, 0.15) is 0 Å². The Morgan fingerprint density at radius 2 is 2.12 bits per heavy atom. The summed E-state index contributed by atoms with van der Waals surface area (Å²) in [6, 6.07) is 2.36. The second-order valence-electron chi connectivity index (χ2n) is 3.14. The van der Waals surface area contributed by atoms with Gasteiger partial charge in [-0.3, -0.25) is 0 Å². The van der Waals surface area contributed by atoms with Crippen LogP contribution in [0.5, 0.6) is 0 Å². The fourth-order valence-corrected chi connectivity index (χ4v) is 2.96. The molecule has 16 heavy (non-hydrogen) atoms. The Kier molecular flexibility index (Phi) is 3.11. The molecule has 2 nitrogen and oxygen atoms in total. The van der Waals surface area contributed by atoms with E-state index < -0.39 is 11.6 Å². The molecule has 0 saturated carbocycles. The average Bonchev–Trinajstić information content (AvgIpc) is 2.65. The van der Waals surface area contributed by atoms with E-state index in [0.29, 0.717) is 4.34 Å². The van der Waals surface area contributed by atoms with Crippen molar-refractivity contribution in [2.75, 3.05) is 5.73 Å². The van der Waals surface area contributed by atoms with E-state index in [1.165, 1.54) is 17.4 Å². The number of anilines is 1. The Labute approximate surface area is 99.5 Å². The Morgan fingerprint density at radius 3 is 2.75 bits per heavy atom. The largest absolute Gasteiger partial charge is 0.398 e. The summed E-state index contributed by atoms with van der Waals surface area (Å²) in [5.74, 6) is -1.82. The predicted octanol–water partition coefficient (Wildman–Crippen LogP) is 3.46. The van der Waals surface area contributed by atoms with Crippen molar-refractivity contribution in [2.45, 2.75) is 16.2 Å². The summed E-state index contributed by atoms with van der Waals surface area (Å²) < 4.78 is 27.1. The van der Waals surface area contributed by atoms with Gasteiger partial charge in [-0.05, 0) is 19.1 Å². The van der Waals surface area contributed by atoms with Crippen LogP contribution in [-0.4, -0.2) is 4.98 Å². The molecule has 6 heteroatoms. The zero-order chi connectivity index (χ0) is 11.7. The fourth-order valence-electron chi connectivity index (χ4n) is 1.12. The van der Waals surface area contributed by atoms with Crippen LogP contribution in [0.15, 0.2) is 26.7 Å². The van der Waals surface area contributed by atoms with Crippen LogP contribution in [0.2, 0.25) is 0 Å². The lowest BCUT2D eigenvalue weighted by molar-refractivity contribution is 0.492. The molecule has 84 valence electrons. The summed E-state index contributed by atoms with van der Waals surface area (Å²) in [6.07, 6.45) is 0. The van der Waals surface area contributed by atoms with Crippen molar-refractivity contribution in [3.63, 3.8) is 0 Å². The first-order valence-electron chi connectivity index (χ1n) is 4.41. The van der Waals surface area contributed by atoms with E-state index in [2.05, 4.69) is 4.98 Å². The van der Waals surface area contributed by atoms with Gasteiger partial charge in [-0.25, -0.2) is 13.8 Å². The Bertz CT molecular complexity index is 526. The number of nitrogen functional groups attached to an aromatic ring is 1. The van der Waals surface area contributed by atoms with Crippen molar-refractivity contribution in [3.8, 4) is 0 Å². The molecule has 1 heterocycles. The van der Waals surface area contributed by atoms with Crippen LogP contribution >= 0.6 is 23.1 Å². The van der Waals surface area contributed by atoms with E-state index in [9.17, 15) is 8.78 Å². The zero-order valence-electron chi connectivity index (χ0n) is 8.33. The molecule has 0 atom stereocenters. The molecule has 0 bridgehead atoms. The average molecular weight is 258 g/mol. The van der Waals surface area contributed by atoms with Gasteiger partial charge in [-0.15, -0.1) is 11.3 Å². The van der Waals surface area contributed by atoms with Crippen LogP contribution in [0.3, 0.4) is 0 Å². The van der Waals surface area contributed by atoms with Crippen molar-refractivity contribution >= 4 is 28.8 Å². The summed E-state index contributed by atoms with van der Waals surface area (Å²) in [5.41, 5.74) is 6.66. The summed E-state index contributed by atoms with van der Waals surface area (Å²) >= 11 is 2.42. The third-order valence-electron chi connectivity index (χ3n) is 1.87. The Morgan fingerprint density at radius 1 is 1.38 bits per heavy atom. The number of thiazole rings is 1. The smallest absolute Gasteiger partial charge is 0.174 e. The first-order chi connectivity index (χ1) is 7.58. The van der Waals surface area contributed by atoms with E-state index in [0.717, 1.165) is 23.5 Å². The minimum absolute atomic E-state index is 0.0920. The lowest BCUT2D eigenvalue weighted by Gasteiger charge is -2.04.